The summed E-state index contributed by atoms with van der Waals surface area (Å²) < 4.78 is 10.5. The molecular formula is C14H12Cl2O3. The molecule has 0 unspecified atom stereocenters. The number of carbonyl (C=O) groups is 1. The Balaban J connectivity index is 2.44. The summed E-state index contributed by atoms with van der Waals surface area (Å²) in [5, 5.41) is 0.632. The summed E-state index contributed by atoms with van der Waals surface area (Å²) >= 11 is 12.2. The van der Waals surface area contributed by atoms with Crippen LogP contribution in [0.15, 0.2) is 28.9 Å². The quantitative estimate of drug-likeness (QED) is 0.779. The molecule has 2 aromatic rings. The second kappa shape index (κ2) is 5.68. The van der Waals surface area contributed by atoms with Crippen LogP contribution in [0.25, 0.3) is 0 Å². The van der Waals surface area contributed by atoms with Crippen molar-refractivity contribution in [1.29, 1.82) is 0 Å². The summed E-state index contributed by atoms with van der Waals surface area (Å²) in [7, 11) is 0. The summed E-state index contributed by atoms with van der Waals surface area (Å²) in [6.07, 6.45) is 1.46. The number of aryl methyl sites for hydroxylation is 1. The number of furan rings is 1. The number of benzene rings is 1. The van der Waals surface area contributed by atoms with E-state index < -0.39 is 0 Å². The molecule has 0 fully saturated rings. The van der Waals surface area contributed by atoms with Gasteiger partial charge in [0.05, 0.1) is 22.9 Å². The van der Waals surface area contributed by atoms with E-state index >= 15 is 0 Å². The zero-order valence-corrected chi connectivity index (χ0v) is 12.0. The fourth-order valence-electron chi connectivity index (χ4n) is 1.70. The van der Waals surface area contributed by atoms with Gasteiger partial charge in [-0.25, -0.2) is 0 Å². The lowest BCUT2D eigenvalue weighted by Crippen LogP contribution is -2.03. The zero-order chi connectivity index (χ0) is 14.0. The van der Waals surface area contributed by atoms with Crippen LogP contribution in [0.3, 0.4) is 0 Å². The summed E-state index contributed by atoms with van der Waals surface area (Å²) in [5.74, 6) is 0.432. The fraction of sp³-hybridized carbons (Fsp3) is 0.214. The molecule has 1 aromatic heterocycles. The number of ketones is 1. The van der Waals surface area contributed by atoms with Crippen molar-refractivity contribution in [3.8, 4) is 5.75 Å². The van der Waals surface area contributed by atoms with Gasteiger partial charge in [-0.15, -0.1) is 0 Å². The molecule has 0 atom stereocenters. The Bertz CT molecular complexity index is 617. The normalized spacial score (nSPS) is 10.5. The lowest BCUT2D eigenvalue weighted by atomic mass is 10.1. The van der Waals surface area contributed by atoms with Crippen LogP contribution in [-0.2, 0) is 0 Å². The van der Waals surface area contributed by atoms with Gasteiger partial charge in [0.1, 0.15) is 5.75 Å². The van der Waals surface area contributed by atoms with Gasteiger partial charge in [-0.2, -0.15) is 0 Å². The van der Waals surface area contributed by atoms with Crippen LogP contribution in [-0.4, -0.2) is 12.4 Å². The molecule has 0 saturated carbocycles. The van der Waals surface area contributed by atoms with E-state index in [-0.39, 0.29) is 16.6 Å². The number of hydrogen-bond donors (Lipinski definition) is 0. The summed E-state index contributed by atoms with van der Waals surface area (Å²) in [6.45, 7) is 4.11. The van der Waals surface area contributed by atoms with Crippen molar-refractivity contribution in [1.82, 2.24) is 0 Å². The van der Waals surface area contributed by atoms with Crippen LogP contribution >= 0.6 is 23.2 Å². The Morgan fingerprint density at radius 2 is 2.05 bits per heavy atom. The molecule has 0 amide bonds. The first kappa shape index (κ1) is 14.0. The maximum Gasteiger partial charge on any atom is 0.229 e. The number of rotatable bonds is 4. The second-order valence-corrected chi connectivity index (χ2v) is 4.77. The Labute approximate surface area is 121 Å². The Morgan fingerprint density at radius 1 is 1.32 bits per heavy atom. The van der Waals surface area contributed by atoms with Gasteiger partial charge in [-0.1, -0.05) is 23.2 Å². The van der Waals surface area contributed by atoms with Crippen LogP contribution in [0, 0.1) is 6.92 Å². The van der Waals surface area contributed by atoms with E-state index in [2.05, 4.69) is 0 Å². The molecule has 19 heavy (non-hydrogen) atoms. The van der Waals surface area contributed by atoms with Crippen LogP contribution in [0.1, 0.15) is 28.6 Å². The summed E-state index contributed by atoms with van der Waals surface area (Å²) in [6, 6.07) is 4.76. The maximum absolute atomic E-state index is 12.3. The van der Waals surface area contributed by atoms with Crippen molar-refractivity contribution in [3.05, 3.63) is 51.4 Å². The van der Waals surface area contributed by atoms with Gasteiger partial charge in [0.15, 0.2) is 5.76 Å². The van der Waals surface area contributed by atoms with Crippen molar-refractivity contribution >= 4 is 29.0 Å². The average molecular weight is 299 g/mol. The van der Waals surface area contributed by atoms with E-state index in [1.54, 1.807) is 19.1 Å². The molecular weight excluding hydrogens is 287 g/mol. The molecule has 0 spiro atoms. The van der Waals surface area contributed by atoms with Crippen LogP contribution in [0.5, 0.6) is 5.75 Å². The molecule has 0 radical (unpaired) electrons. The molecule has 0 aliphatic carbocycles. The third-order valence-corrected chi connectivity index (χ3v) is 3.24. The fourth-order valence-corrected chi connectivity index (χ4v) is 2.15. The lowest BCUT2D eigenvalue weighted by molar-refractivity contribution is 0.101. The van der Waals surface area contributed by atoms with E-state index in [0.717, 1.165) is 5.56 Å². The third-order valence-electron chi connectivity index (χ3n) is 2.63. The predicted octanol–water partition coefficient (Wildman–Crippen LogP) is 4.52. The first-order valence-corrected chi connectivity index (χ1v) is 6.50. The van der Waals surface area contributed by atoms with Crippen molar-refractivity contribution in [3.63, 3.8) is 0 Å². The minimum Gasteiger partial charge on any atom is -0.492 e. The Kier molecular flexibility index (Phi) is 4.17. The molecule has 100 valence electrons. The van der Waals surface area contributed by atoms with E-state index in [9.17, 15) is 4.79 Å². The van der Waals surface area contributed by atoms with Gasteiger partial charge in [0.2, 0.25) is 5.78 Å². The molecule has 0 saturated heterocycles. The lowest BCUT2D eigenvalue weighted by Gasteiger charge is -2.09. The Morgan fingerprint density at radius 3 is 2.63 bits per heavy atom. The van der Waals surface area contributed by atoms with Gasteiger partial charge in [-0.05, 0) is 31.5 Å². The smallest absolute Gasteiger partial charge is 0.229 e. The van der Waals surface area contributed by atoms with Gasteiger partial charge in [-0.3, -0.25) is 4.79 Å². The van der Waals surface area contributed by atoms with Crippen LogP contribution in [0.4, 0.5) is 0 Å². The molecule has 2 rings (SSSR count). The highest BCUT2D eigenvalue weighted by molar-refractivity contribution is 6.37. The van der Waals surface area contributed by atoms with E-state index in [0.29, 0.717) is 22.9 Å². The average Bonchev–Trinajstić information content (AvgIpc) is 2.79. The monoisotopic (exact) mass is 298 g/mol. The molecule has 1 aromatic carbocycles. The van der Waals surface area contributed by atoms with Crippen molar-refractivity contribution in [2.45, 2.75) is 13.8 Å². The highest BCUT2D eigenvalue weighted by Crippen LogP contribution is 2.32. The summed E-state index contributed by atoms with van der Waals surface area (Å²) in [5.41, 5.74) is 1.05. The maximum atomic E-state index is 12.3. The first-order chi connectivity index (χ1) is 9.04. The molecule has 3 nitrogen and oxygen atoms in total. The number of ether oxygens (including phenoxy) is 1. The topological polar surface area (TPSA) is 39.4 Å². The van der Waals surface area contributed by atoms with E-state index in [1.807, 2.05) is 6.92 Å². The second-order valence-electron chi connectivity index (χ2n) is 3.96. The van der Waals surface area contributed by atoms with Crippen molar-refractivity contribution in [2.75, 3.05) is 6.61 Å². The molecule has 0 N–H and O–H groups in total. The van der Waals surface area contributed by atoms with Crippen molar-refractivity contribution < 1.29 is 13.9 Å². The minimum absolute atomic E-state index is 0.266. The van der Waals surface area contributed by atoms with Crippen LogP contribution < -0.4 is 4.74 Å². The van der Waals surface area contributed by atoms with E-state index in [1.165, 1.54) is 12.3 Å². The van der Waals surface area contributed by atoms with Gasteiger partial charge in [0, 0.05) is 11.6 Å². The number of hydrogen-bond acceptors (Lipinski definition) is 3. The van der Waals surface area contributed by atoms with E-state index in [4.69, 9.17) is 32.4 Å². The SMILES string of the molecule is CCOc1cc(Cl)c(C(=O)c2occc2C)cc1Cl. The molecule has 5 heteroatoms. The largest absolute Gasteiger partial charge is 0.492 e. The minimum atomic E-state index is -0.294. The zero-order valence-electron chi connectivity index (χ0n) is 10.5. The predicted molar refractivity (Wildman–Crippen MR) is 74.5 cm³/mol. The number of halogens is 2. The van der Waals surface area contributed by atoms with Gasteiger partial charge in [0.25, 0.3) is 0 Å². The molecule has 0 aliphatic heterocycles. The number of carbonyl (C=O) groups excluding carboxylic acids is 1. The van der Waals surface area contributed by atoms with Gasteiger partial charge >= 0.3 is 0 Å². The van der Waals surface area contributed by atoms with Crippen molar-refractivity contribution in [2.24, 2.45) is 0 Å². The highest BCUT2D eigenvalue weighted by atomic mass is 35.5. The standard InChI is InChI=1S/C14H12Cl2O3/c1-3-18-12-7-10(15)9(6-11(12)16)13(17)14-8(2)4-5-19-14/h4-7H,3H2,1-2H3. The Hall–Kier alpha value is -1.45. The third kappa shape index (κ3) is 2.77. The highest BCUT2D eigenvalue weighted by Gasteiger charge is 2.20. The molecule has 0 aliphatic rings. The molecule has 0 bridgehead atoms. The van der Waals surface area contributed by atoms with Crippen LogP contribution in [0.2, 0.25) is 10.0 Å². The first-order valence-electron chi connectivity index (χ1n) is 5.75. The molecule has 1 heterocycles. The van der Waals surface area contributed by atoms with Gasteiger partial charge < -0.3 is 9.15 Å². The summed E-state index contributed by atoms with van der Waals surface area (Å²) in [4.78, 5) is 12.3.